The average molecular weight is 359 g/mol. The van der Waals surface area contributed by atoms with E-state index in [-0.39, 0.29) is 12.5 Å². The number of amides is 1. The summed E-state index contributed by atoms with van der Waals surface area (Å²) in [6.07, 6.45) is 0. The van der Waals surface area contributed by atoms with Gasteiger partial charge in [0.2, 0.25) is 0 Å². The van der Waals surface area contributed by atoms with Crippen LogP contribution in [0.4, 0.5) is 5.13 Å². The summed E-state index contributed by atoms with van der Waals surface area (Å²) in [4.78, 5) is 16.1. The van der Waals surface area contributed by atoms with Gasteiger partial charge in [-0.25, -0.2) is 4.98 Å². The molecule has 0 radical (unpaired) electrons. The monoisotopic (exact) mass is 358 g/mol. The molecule has 1 amide bonds. The van der Waals surface area contributed by atoms with Crippen molar-refractivity contribution in [2.24, 2.45) is 0 Å². The number of nitrogens with zero attached hydrogens (tertiary/aromatic N) is 1. The highest BCUT2D eigenvalue weighted by molar-refractivity contribution is 7.13. The number of thiazole rings is 1. The summed E-state index contributed by atoms with van der Waals surface area (Å²) >= 11 is 7.64. The molecular formula is C18H15ClN2O2S. The maximum Gasteiger partial charge on any atom is 0.264 e. The second-order valence-electron chi connectivity index (χ2n) is 5.14. The number of hydrogen-bond acceptors (Lipinski definition) is 4. The molecule has 0 aliphatic rings. The summed E-state index contributed by atoms with van der Waals surface area (Å²) in [5, 5.41) is 5.59. The highest BCUT2D eigenvalue weighted by Crippen LogP contribution is 2.30. The fraction of sp³-hybridized carbons (Fsp3) is 0.111. The number of aryl methyl sites for hydroxylation is 1. The lowest BCUT2D eigenvalue weighted by atomic mass is 10.1. The first kappa shape index (κ1) is 16.5. The van der Waals surface area contributed by atoms with Crippen LogP contribution in [0.2, 0.25) is 5.02 Å². The van der Waals surface area contributed by atoms with Crippen LogP contribution in [0.5, 0.6) is 5.75 Å². The topological polar surface area (TPSA) is 51.2 Å². The number of hydrogen-bond donors (Lipinski definition) is 1. The number of carbonyl (C=O) groups excluding carboxylic acids is 1. The van der Waals surface area contributed by atoms with Gasteiger partial charge in [-0.1, -0.05) is 48.0 Å². The van der Waals surface area contributed by atoms with Crippen LogP contribution >= 0.6 is 22.9 Å². The highest BCUT2D eigenvalue weighted by Gasteiger charge is 2.09. The lowest BCUT2D eigenvalue weighted by molar-refractivity contribution is -0.118. The number of anilines is 1. The SMILES string of the molecule is Cc1csc(NC(=O)COc2ccc(-c3ccccc3)cc2Cl)n1. The molecule has 1 aromatic heterocycles. The molecule has 6 heteroatoms. The van der Waals surface area contributed by atoms with Crippen molar-refractivity contribution < 1.29 is 9.53 Å². The molecule has 0 aliphatic heterocycles. The van der Waals surface area contributed by atoms with Gasteiger partial charge in [-0.15, -0.1) is 11.3 Å². The van der Waals surface area contributed by atoms with Crippen LogP contribution in [0, 0.1) is 6.92 Å². The van der Waals surface area contributed by atoms with E-state index in [1.54, 1.807) is 6.07 Å². The Morgan fingerprint density at radius 3 is 2.67 bits per heavy atom. The van der Waals surface area contributed by atoms with Crippen molar-refractivity contribution in [3.63, 3.8) is 0 Å². The summed E-state index contributed by atoms with van der Waals surface area (Å²) in [5.41, 5.74) is 2.94. The number of nitrogens with one attached hydrogen (secondary N) is 1. The molecular weight excluding hydrogens is 344 g/mol. The van der Waals surface area contributed by atoms with E-state index in [1.165, 1.54) is 11.3 Å². The maximum absolute atomic E-state index is 11.9. The van der Waals surface area contributed by atoms with Gasteiger partial charge in [-0.2, -0.15) is 0 Å². The van der Waals surface area contributed by atoms with E-state index in [2.05, 4.69) is 10.3 Å². The van der Waals surface area contributed by atoms with Crippen molar-refractivity contribution >= 4 is 34.0 Å². The van der Waals surface area contributed by atoms with Crippen molar-refractivity contribution in [2.45, 2.75) is 6.92 Å². The van der Waals surface area contributed by atoms with Crippen LogP contribution in [-0.2, 0) is 4.79 Å². The molecule has 24 heavy (non-hydrogen) atoms. The minimum atomic E-state index is -0.271. The third-order valence-electron chi connectivity index (χ3n) is 3.26. The van der Waals surface area contributed by atoms with Crippen molar-refractivity contribution in [1.29, 1.82) is 0 Å². The van der Waals surface area contributed by atoms with Gasteiger partial charge >= 0.3 is 0 Å². The Labute approximate surface area is 149 Å². The Balaban J connectivity index is 1.62. The number of ether oxygens (including phenoxy) is 1. The van der Waals surface area contributed by atoms with Gasteiger partial charge in [-0.3, -0.25) is 10.1 Å². The van der Waals surface area contributed by atoms with Crippen LogP contribution in [0.3, 0.4) is 0 Å². The number of carbonyl (C=O) groups is 1. The zero-order chi connectivity index (χ0) is 16.9. The molecule has 0 spiro atoms. The van der Waals surface area contributed by atoms with Gasteiger partial charge < -0.3 is 4.74 Å². The smallest absolute Gasteiger partial charge is 0.264 e. The van der Waals surface area contributed by atoms with Gasteiger partial charge in [0.1, 0.15) is 5.75 Å². The van der Waals surface area contributed by atoms with E-state index < -0.39 is 0 Å². The Morgan fingerprint density at radius 2 is 2.00 bits per heavy atom. The lowest BCUT2D eigenvalue weighted by Crippen LogP contribution is -2.20. The van der Waals surface area contributed by atoms with E-state index in [0.717, 1.165) is 16.8 Å². The van der Waals surface area contributed by atoms with Gasteiger partial charge in [0, 0.05) is 5.38 Å². The molecule has 1 N–H and O–H groups in total. The second kappa shape index (κ2) is 7.47. The summed E-state index contributed by atoms with van der Waals surface area (Å²) < 4.78 is 5.50. The third-order valence-corrected chi connectivity index (χ3v) is 4.43. The molecule has 0 bridgehead atoms. The van der Waals surface area contributed by atoms with Crippen LogP contribution in [-0.4, -0.2) is 17.5 Å². The zero-order valence-electron chi connectivity index (χ0n) is 13.0. The van der Waals surface area contributed by atoms with Crippen molar-refractivity contribution in [1.82, 2.24) is 4.98 Å². The van der Waals surface area contributed by atoms with E-state index in [9.17, 15) is 4.79 Å². The number of halogens is 1. The molecule has 0 atom stereocenters. The first-order chi connectivity index (χ1) is 11.6. The Bertz CT molecular complexity index is 849. The highest BCUT2D eigenvalue weighted by atomic mass is 35.5. The molecule has 0 fully saturated rings. The fourth-order valence-electron chi connectivity index (χ4n) is 2.14. The summed E-state index contributed by atoms with van der Waals surface area (Å²) in [7, 11) is 0. The number of benzene rings is 2. The minimum Gasteiger partial charge on any atom is -0.482 e. The van der Waals surface area contributed by atoms with Crippen LogP contribution in [0.1, 0.15) is 5.69 Å². The van der Waals surface area contributed by atoms with Crippen LogP contribution < -0.4 is 10.1 Å². The Morgan fingerprint density at radius 1 is 1.21 bits per heavy atom. The number of aromatic nitrogens is 1. The summed E-state index contributed by atoms with van der Waals surface area (Å²) in [5.74, 6) is 0.203. The molecule has 0 aliphatic carbocycles. The van der Waals surface area contributed by atoms with Gasteiger partial charge in [0.05, 0.1) is 10.7 Å². The normalized spacial score (nSPS) is 10.4. The summed E-state index contributed by atoms with van der Waals surface area (Å²) in [6.45, 7) is 1.75. The molecule has 122 valence electrons. The van der Waals surface area contributed by atoms with E-state index in [0.29, 0.717) is 15.9 Å². The number of rotatable bonds is 5. The van der Waals surface area contributed by atoms with Crippen molar-refractivity contribution in [2.75, 3.05) is 11.9 Å². The van der Waals surface area contributed by atoms with Crippen LogP contribution in [0.15, 0.2) is 53.9 Å². The molecule has 2 aromatic carbocycles. The Hall–Kier alpha value is -2.37. The molecule has 1 heterocycles. The van der Waals surface area contributed by atoms with Crippen molar-refractivity contribution in [3.8, 4) is 16.9 Å². The van der Waals surface area contributed by atoms with Gasteiger partial charge in [0.15, 0.2) is 11.7 Å². The van der Waals surface area contributed by atoms with E-state index >= 15 is 0 Å². The van der Waals surface area contributed by atoms with Crippen LogP contribution in [0.25, 0.3) is 11.1 Å². The lowest BCUT2D eigenvalue weighted by Gasteiger charge is -2.09. The van der Waals surface area contributed by atoms with Crippen molar-refractivity contribution in [3.05, 3.63) is 64.6 Å². The predicted molar refractivity (Wildman–Crippen MR) is 97.9 cm³/mol. The average Bonchev–Trinajstić information content (AvgIpc) is 2.99. The zero-order valence-corrected chi connectivity index (χ0v) is 14.5. The largest absolute Gasteiger partial charge is 0.482 e. The van der Waals surface area contributed by atoms with E-state index in [4.69, 9.17) is 16.3 Å². The molecule has 0 saturated heterocycles. The maximum atomic E-state index is 11.9. The minimum absolute atomic E-state index is 0.122. The molecule has 3 aromatic rings. The molecule has 0 unspecified atom stereocenters. The van der Waals surface area contributed by atoms with E-state index in [1.807, 2.05) is 54.8 Å². The van der Waals surface area contributed by atoms with Gasteiger partial charge in [0.25, 0.3) is 5.91 Å². The fourth-order valence-corrected chi connectivity index (χ4v) is 3.08. The first-order valence-electron chi connectivity index (χ1n) is 7.31. The first-order valence-corrected chi connectivity index (χ1v) is 8.57. The standard InChI is InChI=1S/C18H15ClN2O2S/c1-12-11-24-18(20-12)21-17(22)10-23-16-8-7-14(9-15(16)19)13-5-3-2-4-6-13/h2-9,11H,10H2,1H3,(H,20,21,22). The quantitative estimate of drug-likeness (QED) is 0.713. The summed E-state index contributed by atoms with van der Waals surface area (Å²) in [6, 6.07) is 15.4. The molecule has 3 rings (SSSR count). The predicted octanol–water partition coefficient (Wildman–Crippen LogP) is 4.79. The Kier molecular flexibility index (Phi) is 5.13. The molecule has 0 saturated carbocycles. The molecule has 4 nitrogen and oxygen atoms in total. The third kappa shape index (κ3) is 4.13. The second-order valence-corrected chi connectivity index (χ2v) is 6.41. The van der Waals surface area contributed by atoms with Gasteiger partial charge in [-0.05, 0) is 30.2 Å².